The lowest BCUT2D eigenvalue weighted by atomic mass is 10.1. The van der Waals surface area contributed by atoms with Gasteiger partial charge >= 0.3 is 5.69 Å². The maximum atomic E-state index is 12.3. The van der Waals surface area contributed by atoms with Gasteiger partial charge in [-0.3, -0.25) is 4.57 Å². The molecule has 3 heterocycles. The Morgan fingerprint density at radius 2 is 2.04 bits per heavy atom. The largest absolute Gasteiger partial charge is 0.394 e. The Morgan fingerprint density at radius 3 is 2.79 bits per heavy atom. The average molecular weight is 349 g/mol. The number of aliphatic hydroxyl groups excluding tert-OH is 3. The maximum Gasteiger partial charge on any atom is 0.351 e. The molecule has 1 aromatic heterocycles. The van der Waals surface area contributed by atoms with Crippen molar-refractivity contribution < 1.29 is 20.1 Å². The second-order valence-electron chi connectivity index (χ2n) is 5.60. The standard InChI is InChI=1S/C15H15N3O5S/c19-6-8-11(20)12(21)14(23-8)18-5-10-13(17-15(18)22)16-7-3-1-2-4-9(7)24-10/h1-5,8,11-12,14,19-21H,6H2,(H,16,17,22)/t8-,11?,12?,14-/m1/s1. The normalized spacial score (nSPS) is 28.1. The first-order valence-electron chi connectivity index (χ1n) is 7.38. The van der Waals surface area contributed by atoms with E-state index in [4.69, 9.17) is 4.74 Å². The zero-order chi connectivity index (χ0) is 16.8. The number of aromatic nitrogens is 2. The fourth-order valence-corrected chi connectivity index (χ4v) is 3.78. The minimum Gasteiger partial charge on any atom is -0.394 e. The highest BCUT2D eigenvalue weighted by Crippen LogP contribution is 2.42. The van der Waals surface area contributed by atoms with Gasteiger partial charge in [-0.15, -0.1) is 0 Å². The predicted molar refractivity (Wildman–Crippen MR) is 85.4 cm³/mol. The number of hydrogen-bond donors (Lipinski definition) is 4. The Kier molecular flexibility index (Phi) is 3.82. The van der Waals surface area contributed by atoms with Gasteiger partial charge in [0.05, 0.1) is 17.2 Å². The first-order valence-corrected chi connectivity index (χ1v) is 8.19. The third-order valence-corrected chi connectivity index (χ3v) is 5.16. The van der Waals surface area contributed by atoms with Gasteiger partial charge in [0.2, 0.25) is 0 Å². The summed E-state index contributed by atoms with van der Waals surface area (Å²) in [6.07, 6.45) is -3.10. The summed E-state index contributed by atoms with van der Waals surface area (Å²) in [5, 5.41) is 32.2. The van der Waals surface area contributed by atoms with E-state index in [0.29, 0.717) is 10.7 Å². The number of fused-ring (bicyclic) bond motifs is 2. The van der Waals surface area contributed by atoms with E-state index in [-0.39, 0.29) is 0 Å². The molecule has 24 heavy (non-hydrogen) atoms. The summed E-state index contributed by atoms with van der Waals surface area (Å²) >= 11 is 1.44. The second kappa shape index (κ2) is 5.87. The van der Waals surface area contributed by atoms with Crippen molar-refractivity contribution in [2.45, 2.75) is 34.3 Å². The molecule has 0 radical (unpaired) electrons. The molecule has 2 unspecified atom stereocenters. The summed E-state index contributed by atoms with van der Waals surface area (Å²) in [5.74, 6) is 0.437. The summed E-state index contributed by atoms with van der Waals surface area (Å²) in [4.78, 5) is 18.0. The van der Waals surface area contributed by atoms with Crippen LogP contribution in [0, 0.1) is 0 Å². The summed E-state index contributed by atoms with van der Waals surface area (Å²) < 4.78 is 6.55. The van der Waals surface area contributed by atoms with Crippen LogP contribution >= 0.6 is 11.8 Å². The number of hydrogen-bond acceptors (Lipinski definition) is 8. The molecule has 8 nitrogen and oxygen atoms in total. The Hall–Kier alpha value is -1.91. The van der Waals surface area contributed by atoms with Crippen molar-refractivity contribution in [2.75, 3.05) is 11.9 Å². The molecular formula is C15H15N3O5S. The van der Waals surface area contributed by atoms with Crippen LogP contribution in [0.2, 0.25) is 0 Å². The van der Waals surface area contributed by atoms with Crippen molar-refractivity contribution in [3.05, 3.63) is 40.9 Å². The first-order chi connectivity index (χ1) is 11.6. The maximum absolute atomic E-state index is 12.3. The lowest BCUT2D eigenvalue weighted by Crippen LogP contribution is -2.36. The van der Waals surface area contributed by atoms with Gasteiger partial charge < -0.3 is 25.4 Å². The van der Waals surface area contributed by atoms with Gasteiger partial charge in [-0.2, -0.15) is 4.98 Å². The zero-order valence-electron chi connectivity index (χ0n) is 12.4. The Morgan fingerprint density at radius 1 is 1.25 bits per heavy atom. The third-order valence-electron chi connectivity index (χ3n) is 4.07. The molecule has 9 heteroatoms. The molecule has 0 aliphatic carbocycles. The van der Waals surface area contributed by atoms with Gasteiger partial charge in [0.15, 0.2) is 12.0 Å². The molecule has 0 amide bonds. The highest BCUT2D eigenvalue weighted by Gasteiger charge is 2.44. The second-order valence-corrected chi connectivity index (χ2v) is 6.68. The molecule has 1 aromatic carbocycles. The van der Waals surface area contributed by atoms with Crippen LogP contribution in [0.15, 0.2) is 45.0 Å². The van der Waals surface area contributed by atoms with E-state index in [1.165, 1.54) is 11.8 Å². The summed E-state index contributed by atoms with van der Waals surface area (Å²) in [5.41, 5.74) is 0.253. The average Bonchev–Trinajstić information content (AvgIpc) is 2.87. The van der Waals surface area contributed by atoms with Gasteiger partial charge in [-0.1, -0.05) is 23.9 Å². The fraction of sp³-hybridized carbons (Fsp3) is 0.333. The van der Waals surface area contributed by atoms with Crippen LogP contribution in [0.5, 0.6) is 0 Å². The van der Waals surface area contributed by atoms with E-state index < -0.39 is 36.8 Å². The number of nitrogens with one attached hydrogen (secondary N) is 1. The van der Waals surface area contributed by atoms with Crippen LogP contribution in [0.1, 0.15) is 6.23 Å². The van der Waals surface area contributed by atoms with Crippen LogP contribution in [0.3, 0.4) is 0 Å². The number of anilines is 2. The molecule has 1 fully saturated rings. The summed E-state index contributed by atoms with van der Waals surface area (Å²) in [7, 11) is 0. The van der Waals surface area contributed by atoms with Gasteiger partial charge in [-0.05, 0) is 12.1 Å². The van der Waals surface area contributed by atoms with E-state index >= 15 is 0 Å². The van der Waals surface area contributed by atoms with Crippen molar-refractivity contribution in [1.82, 2.24) is 9.55 Å². The topological polar surface area (TPSA) is 117 Å². The van der Waals surface area contributed by atoms with Gasteiger partial charge in [-0.25, -0.2) is 4.79 Å². The minimum atomic E-state index is -1.33. The molecular weight excluding hydrogens is 334 g/mol. The number of aliphatic hydroxyl groups is 3. The zero-order valence-corrected chi connectivity index (χ0v) is 13.2. The van der Waals surface area contributed by atoms with Gasteiger partial charge in [0.1, 0.15) is 18.3 Å². The van der Waals surface area contributed by atoms with Crippen molar-refractivity contribution >= 4 is 23.3 Å². The van der Waals surface area contributed by atoms with E-state index in [1.807, 2.05) is 24.3 Å². The lowest BCUT2D eigenvalue weighted by molar-refractivity contribution is -0.0552. The Bertz CT molecular complexity index is 842. The molecule has 4 atom stereocenters. The van der Waals surface area contributed by atoms with Crippen molar-refractivity contribution in [2.24, 2.45) is 0 Å². The Labute approximate surface area is 140 Å². The monoisotopic (exact) mass is 349 g/mol. The van der Waals surface area contributed by atoms with E-state index in [0.717, 1.165) is 15.1 Å². The van der Waals surface area contributed by atoms with E-state index in [9.17, 15) is 20.1 Å². The lowest BCUT2D eigenvalue weighted by Gasteiger charge is -2.23. The highest BCUT2D eigenvalue weighted by atomic mass is 32.2. The number of para-hydroxylation sites is 1. The molecule has 0 spiro atoms. The van der Waals surface area contributed by atoms with E-state index in [1.54, 1.807) is 6.20 Å². The van der Waals surface area contributed by atoms with Gasteiger partial charge in [0, 0.05) is 11.1 Å². The molecule has 2 aromatic rings. The molecule has 1 saturated heterocycles. The molecule has 2 aliphatic heterocycles. The van der Waals surface area contributed by atoms with Gasteiger partial charge in [0.25, 0.3) is 0 Å². The molecule has 2 aliphatic rings. The first kappa shape index (κ1) is 15.6. The molecule has 0 saturated carbocycles. The summed E-state index contributed by atoms with van der Waals surface area (Å²) in [6.45, 7) is -0.453. The van der Waals surface area contributed by atoms with Crippen LogP contribution in [0.4, 0.5) is 11.5 Å². The van der Waals surface area contributed by atoms with Crippen molar-refractivity contribution in [1.29, 1.82) is 0 Å². The predicted octanol–water partition coefficient (Wildman–Crippen LogP) is 0.0630. The van der Waals surface area contributed by atoms with Crippen molar-refractivity contribution in [3.63, 3.8) is 0 Å². The highest BCUT2D eigenvalue weighted by molar-refractivity contribution is 7.99. The quantitative estimate of drug-likeness (QED) is 0.513. The molecule has 0 bridgehead atoms. The van der Waals surface area contributed by atoms with Crippen LogP contribution in [0.25, 0.3) is 0 Å². The number of nitrogens with zero attached hydrogens (tertiary/aromatic N) is 2. The van der Waals surface area contributed by atoms with Crippen LogP contribution in [-0.4, -0.2) is 49.8 Å². The number of ether oxygens (including phenoxy) is 1. The van der Waals surface area contributed by atoms with Crippen molar-refractivity contribution in [3.8, 4) is 0 Å². The van der Waals surface area contributed by atoms with Crippen LogP contribution in [-0.2, 0) is 4.74 Å². The summed E-state index contributed by atoms with van der Waals surface area (Å²) in [6, 6.07) is 7.63. The van der Waals surface area contributed by atoms with Crippen LogP contribution < -0.4 is 11.0 Å². The SMILES string of the molecule is O=c1nc2c(cn1[C@@H]1O[C@H](CO)C(O)C1O)Sc1ccccc1N2. The smallest absolute Gasteiger partial charge is 0.351 e. The number of benzene rings is 1. The molecule has 4 N–H and O–H groups in total. The minimum absolute atomic E-state index is 0.437. The number of rotatable bonds is 2. The van der Waals surface area contributed by atoms with E-state index in [2.05, 4.69) is 10.3 Å². The third kappa shape index (κ3) is 2.41. The Balaban J connectivity index is 1.72. The molecule has 4 rings (SSSR count). The fourth-order valence-electron chi connectivity index (χ4n) is 2.81. The molecule has 126 valence electrons.